The molecule has 0 saturated heterocycles. The zero-order valence-electron chi connectivity index (χ0n) is 23.4. The van der Waals surface area contributed by atoms with Crippen LogP contribution in [0.15, 0.2) is 91.4 Å². The van der Waals surface area contributed by atoms with Crippen molar-refractivity contribution in [1.82, 2.24) is 14.5 Å². The van der Waals surface area contributed by atoms with E-state index in [1.165, 1.54) is 5.56 Å². The fourth-order valence-corrected chi connectivity index (χ4v) is 5.16. The lowest BCUT2D eigenvalue weighted by Gasteiger charge is -2.41. The number of carbonyl (C=O) groups excluding carboxylic acids is 1. The summed E-state index contributed by atoms with van der Waals surface area (Å²) in [6, 6.07) is 27.1. The van der Waals surface area contributed by atoms with Gasteiger partial charge in [0.15, 0.2) is 0 Å². The van der Waals surface area contributed by atoms with Crippen LogP contribution >= 0.6 is 0 Å². The summed E-state index contributed by atoms with van der Waals surface area (Å²) in [4.78, 5) is 21.0. The first-order valence-corrected chi connectivity index (χ1v) is 13.1. The van der Waals surface area contributed by atoms with Crippen LogP contribution in [0.4, 0.5) is 10.5 Å². The van der Waals surface area contributed by atoms with Gasteiger partial charge in [-0.1, -0.05) is 94.4 Å². The first-order valence-electron chi connectivity index (χ1n) is 13.1. The molecule has 1 aliphatic rings. The third kappa shape index (κ3) is 4.91. The number of urea groups is 1. The van der Waals surface area contributed by atoms with Crippen LogP contribution in [0, 0.1) is 0 Å². The Morgan fingerprint density at radius 1 is 0.784 bits per heavy atom. The van der Waals surface area contributed by atoms with E-state index in [0.717, 1.165) is 28.1 Å². The van der Waals surface area contributed by atoms with E-state index in [1.54, 1.807) is 4.90 Å². The van der Waals surface area contributed by atoms with Crippen molar-refractivity contribution in [3.63, 3.8) is 0 Å². The molecule has 0 saturated carbocycles. The van der Waals surface area contributed by atoms with Crippen molar-refractivity contribution < 1.29 is 4.79 Å². The summed E-state index contributed by atoms with van der Waals surface area (Å²) in [5, 5.41) is 0. The van der Waals surface area contributed by atoms with Crippen LogP contribution in [-0.2, 0) is 12.5 Å². The Bertz CT molecular complexity index is 1300. The molecule has 5 nitrogen and oxygen atoms in total. The molecule has 5 rings (SSSR count). The van der Waals surface area contributed by atoms with Crippen molar-refractivity contribution in [3.05, 3.63) is 119 Å². The Morgan fingerprint density at radius 2 is 1.38 bits per heavy atom. The Hall–Kier alpha value is -3.86. The maximum atomic E-state index is 13.0. The van der Waals surface area contributed by atoms with Gasteiger partial charge in [-0.3, -0.25) is 4.90 Å². The van der Waals surface area contributed by atoms with Crippen LogP contribution < -0.4 is 4.90 Å². The number of imidazole rings is 1. The first-order chi connectivity index (χ1) is 17.9. The molecular weight excluding hydrogens is 456 g/mol. The predicted molar refractivity (Wildman–Crippen MR) is 154 cm³/mol. The fourth-order valence-electron chi connectivity index (χ4n) is 5.16. The van der Waals surface area contributed by atoms with Crippen LogP contribution in [0.3, 0.4) is 0 Å². The number of fused-ring (bicyclic) bond motifs is 1. The lowest BCUT2D eigenvalue weighted by Crippen LogP contribution is -2.46. The summed E-state index contributed by atoms with van der Waals surface area (Å²) in [6.45, 7) is 10.3. The zero-order chi connectivity index (χ0) is 27.2. The van der Waals surface area contributed by atoms with Gasteiger partial charge in [-0.25, -0.2) is 9.78 Å². The highest BCUT2D eigenvalue weighted by atomic mass is 16.2. The number of benzene rings is 3. The second kappa shape index (κ2) is 11.9. The highest BCUT2D eigenvalue weighted by molar-refractivity contribution is 5.95. The van der Waals surface area contributed by atoms with Gasteiger partial charge in [-0.2, -0.15) is 0 Å². The number of rotatable bonds is 4. The van der Waals surface area contributed by atoms with Gasteiger partial charge < -0.3 is 9.47 Å². The van der Waals surface area contributed by atoms with Crippen LogP contribution in [0.5, 0.6) is 0 Å². The van der Waals surface area contributed by atoms with Crippen LogP contribution in [0.25, 0.3) is 0 Å². The van der Waals surface area contributed by atoms with E-state index in [1.807, 2.05) is 90.5 Å². The molecule has 2 heterocycles. The van der Waals surface area contributed by atoms with Crippen LogP contribution in [-0.4, -0.2) is 34.6 Å². The largest absolute Gasteiger partial charge is 0.337 e. The molecule has 194 valence electrons. The van der Waals surface area contributed by atoms with E-state index in [-0.39, 0.29) is 12.1 Å². The van der Waals surface area contributed by atoms with Gasteiger partial charge in [0.2, 0.25) is 0 Å². The molecule has 3 aromatic carbocycles. The minimum atomic E-state index is -0.415. The van der Waals surface area contributed by atoms with E-state index in [9.17, 15) is 4.79 Å². The minimum Gasteiger partial charge on any atom is -0.337 e. The average molecular weight is 497 g/mol. The van der Waals surface area contributed by atoms with E-state index in [4.69, 9.17) is 0 Å². The SMILES string of the molecule is CC.CC.CN1C(=O)N(C)C(c2ccccc2)c2cc(C(C)(c3ccccc3)c3cncn3C)ccc21. The molecule has 2 amide bonds. The molecule has 0 aliphatic carbocycles. The molecule has 1 aromatic heterocycles. The van der Waals surface area contributed by atoms with Crippen molar-refractivity contribution in [2.75, 3.05) is 19.0 Å². The molecule has 4 aromatic rings. The van der Waals surface area contributed by atoms with Gasteiger partial charge in [0.1, 0.15) is 0 Å². The number of carbonyl (C=O) groups is 1. The molecular formula is C32H40N4O. The lowest BCUT2D eigenvalue weighted by atomic mass is 9.72. The number of aromatic nitrogens is 2. The smallest absolute Gasteiger partial charge is 0.324 e. The van der Waals surface area contributed by atoms with Crippen molar-refractivity contribution in [2.45, 2.75) is 46.1 Å². The molecule has 0 spiro atoms. The molecule has 2 unspecified atom stereocenters. The maximum Gasteiger partial charge on any atom is 0.324 e. The predicted octanol–water partition coefficient (Wildman–Crippen LogP) is 7.42. The normalized spacial score (nSPS) is 16.0. The lowest BCUT2D eigenvalue weighted by molar-refractivity contribution is 0.202. The highest BCUT2D eigenvalue weighted by Gasteiger charge is 2.38. The van der Waals surface area contributed by atoms with Crippen LogP contribution in [0.2, 0.25) is 0 Å². The van der Waals surface area contributed by atoms with E-state index >= 15 is 0 Å². The Morgan fingerprint density at radius 3 is 1.95 bits per heavy atom. The number of anilines is 1. The maximum absolute atomic E-state index is 13.0. The molecule has 2 atom stereocenters. The summed E-state index contributed by atoms with van der Waals surface area (Å²) in [6.07, 6.45) is 3.80. The van der Waals surface area contributed by atoms with Gasteiger partial charge in [0.25, 0.3) is 0 Å². The molecule has 0 fully saturated rings. The molecule has 0 radical (unpaired) electrons. The standard InChI is InChI=1S/C28H28N4O.2C2H6/c1-28(21-13-9-6-10-14-21,25-18-29-19-30(25)2)22-15-16-24-23(17-22)26(20-11-7-5-8-12-20)32(4)27(33)31(24)3;2*1-2/h5-19,26H,1-4H3;2*1-2H3. The molecule has 0 bridgehead atoms. The van der Waals surface area contributed by atoms with Crippen molar-refractivity contribution in [1.29, 1.82) is 0 Å². The van der Waals surface area contributed by atoms with Gasteiger partial charge in [0, 0.05) is 32.9 Å². The zero-order valence-corrected chi connectivity index (χ0v) is 23.4. The molecule has 5 heteroatoms. The number of nitrogens with zero attached hydrogens (tertiary/aromatic N) is 4. The van der Waals surface area contributed by atoms with Crippen molar-refractivity contribution in [2.24, 2.45) is 7.05 Å². The first kappa shape index (κ1) is 27.7. The molecule has 37 heavy (non-hydrogen) atoms. The summed E-state index contributed by atoms with van der Waals surface area (Å²) in [7, 11) is 5.76. The fraction of sp³-hybridized carbons (Fsp3) is 0.312. The Kier molecular flexibility index (Phi) is 8.93. The van der Waals surface area contributed by atoms with Crippen molar-refractivity contribution >= 4 is 11.7 Å². The highest BCUT2D eigenvalue weighted by Crippen LogP contribution is 2.44. The summed E-state index contributed by atoms with van der Waals surface area (Å²) >= 11 is 0. The monoisotopic (exact) mass is 496 g/mol. The van der Waals surface area contributed by atoms with E-state index < -0.39 is 5.41 Å². The minimum absolute atomic E-state index is 0.0124. The van der Waals surface area contributed by atoms with Gasteiger partial charge >= 0.3 is 6.03 Å². The number of amides is 2. The quantitative estimate of drug-likeness (QED) is 0.295. The second-order valence-corrected chi connectivity index (χ2v) is 8.92. The third-order valence-electron chi connectivity index (χ3n) is 7.03. The Labute approximate surface area is 222 Å². The van der Waals surface area contributed by atoms with Gasteiger partial charge in [0.05, 0.1) is 29.2 Å². The summed E-state index contributed by atoms with van der Waals surface area (Å²) < 4.78 is 2.09. The van der Waals surface area contributed by atoms with Gasteiger partial charge in [-0.05, 0) is 35.7 Å². The van der Waals surface area contributed by atoms with E-state index in [0.29, 0.717) is 0 Å². The number of hydrogen-bond acceptors (Lipinski definition) is 2. The molecule has 0 N–H and O–H groups in total. The topological polar surface area (TPSA) is 41.4 Å². The van der Waals surface area contributed by atoms with E-state index in [2.05, 4.69) is 71.1 Å². The third-order valence-corrected chi connectivity index (χ3v) is 7.03. The Balaban J connectivity index is 0.000000907. The molecule has 1 aliphatic heterocycles. The van der Waals surface area contributed by atoms with Crippen LogP contribution in [0.1, 0.15) is 68.6 Å². The number of hydrogen-bond donors (Lipinski definition) is 0. The number of aryl methyl sites for hydroxylation is 1. The van der Waals surface area contributed by atoms with Crippen molar-refractivity contribution in [3.8, 4) is 0 Å². The average Bonchev–Trinajstić information content (AvgIpc) is 3.40. The summed E-state index contributed by atoms with van der Waals surface area (Å²) in [5.41, 5.74) is 6.21. The van der Waals surface area contributed by atoms with Gasteiger partial charge in [-0.15, -0.1) is 0 Å². The summed E-state index contributed by atoms with van der Waals surface area (Å²) in [5.74, 6) is 0. The second-order valence-electron chi connectivity index (χ2n) is 8.92.